The largest absolute Gasteiger partial charge is 0.384 e. The van der Waals surface area contributed by atoms with Crippen LogP contribution >= 0.6 is 11.6 Å². The molecule has 0 aliphatic rings. The number of nitrogens with two attached hydrogens (primary N) is 1. The molecule has 0 atom stereocenters. The van der Waals surface area contributed by atoms with E-state index in [2.05, 4.69) is 5.10 Å². The molecule has 3 nitrogen and oxygen atoms in total. The molecule has 0 unspecified atom stereocenters. The first kappa shape index (κ1) is 10.9. The molecular weight excluding hydrogens is 236 g/mol. The first-order chi connectivity index (χ1) is 7.50. The summed E-state index contributed by atoms with van der Waals surface area (Å²) < 4.78 is 27.5. The van der Waals surface area contributed by atoms with Crippen molar-refractivity contribution >= 4 is 17.4 Å². The van der Waals surface area contributed by atoms with Crippen molar-refractivity contribution in [3.63, 3.8) is 0 Å². The van der Waals surface area contributed by atoms with Gasteiger partial charge in [0.1, 0.15) is 5.82 Å². The van der Waals surface area contributed by atoms with E-state index in [-0.39, 0.29) is 5.02 Å². The van der Waals surface area contributed by atoms with E-state index in [1.54, 1.807) is 13.1 Å². The summed E-state index contributed by atoms with van der Waals surface area (Å²) in [5.41, 5.74) is 6.30. The molecule has 0 bridgehead atoms. The minimum atomic E-state index is -1.08. The highest BCUT2D eigenvalue weighted by molar-refractivity contribution is 6.33. The predicted octanol–water partition coefficient (Wildman–Crippen LogP) is 2.60. The number of nitrogen functional groups attached to an aromatic ring is 1. The van der Waals surface area contributed by atoms with E-state index in [1.807, 2.05) is 0 Å². The third kappa shape index (κ3) is 1.63. The van der Waals surface area contributed by atoms with E-state index in [9.17, 15) is 8.78 Å². The molecule has 0 aliphatic carbocycles. The zero-order valence-corrected chi connectivity index (χ0v) is 9.09. The quantitative estimate of drug-likeness (QED) is 0.783. The van der Waals surface area contributed by atoms with E-state index in [0.29, 0.717) is 17.1 Å². The number of anilines is 1. The van der Waals surface area contributed by atoms with Gasteiger partial charge < -0.3 is 5.73 Å². The topological polar surface area (TPSA) is 43.8 Å². The van der Waals surface area contributed by atoms with Crippen molar-refractivity contribution in [2.75, 3.05) is 5.73 Å². The SMILES string of the molecule is Cn1nc(-c2ccc(F)c(F)c2Cl)cc1N. The highest BCUT2D eigenvalue weighted by atomic mass is 35.5. The second-order valence-electron chi connectivity index (χ2n) is 3.30. The Hall–Kier alpha value is -1.62. The highest BCUT2D eigenvalue weighted by Crippen LogP contribution is 2.31. The van der Waals surface area contributed by atoms with E-state index in [1.165, 1.54) is 10.7 Å². The molecule has 0 saturated heterocycles. The zero-order valence-electron chi connectivity index (χ0n) is 8.34. The van der Waals surface area contributed by atoms with Gasteiger partial charge in [-0.1, -0.05) is 11.6 Å². The lowest BCUT2D eigenvalue weighted by molar-refractivity contribution is 0.509. The van der Waals surface area contributed by atoms with Crippen molar-refractivity contribution in [2.45, 2.75) is 0 Å². The Morgan fingerprint density at radius 2 is 2.06 bits per heavy atom. The summed E-state index contributed by atoms with van der Waals surface area (Å²) in [5.74, 6) is -1.66. The molecule has 1 aromatic heterocycles. The van der Waals surface area contributed by atoms with Gasteiger partial charge >= 0.3 is 0 Å². The zero-order chi connectivity index (χ0) is 11.9. The Morgan fingerprint density at radius 1 is 1.38 bits per heavy atom. The Balaban J connectivity index is 2.61. The van der Waals surface area contributed by atoms with Crippen LogP contribution in [0.25, 0.3) is 11.3 Å². The van der Waals surface area contributed by atoms with E-state index in [0.717, 1.165) is 6.07 Å². The van der Waals surface area contributed by atoms with Crippen molar-refractivity contribution in [1.29, 1.82) is 0 Å². The van der Waals surface area contributed by atoms with Crippen LogP contribution in [0.5, 0.6) is 0 Å². The van der Waals surface area contributed by atoms with Crippen molar-refractivity contribution in [2.24, 2.45) is 7.05 Å². The van der Waals surface area contributed by atoms with Crippen molar-refractivity contribution in [3.8, 4) is 11.3 Å². The van der Waals surface area contributed by atoms with Gasteiger partial charge in [0.05, 0.1) is 10.7 Å². The van der Waals surface area contributed by atoms with Crippen LogP contribution < -0.4 is 5.73 Å². The molecule has 6 heteroatoms. The predicted molar refractivity (Wildman–Crippen MR) is 58.0 cm³/mol. The molecule has 0 amide bonds. The lowest BCUT2D eigenvalue weighted by atomic mass is 10.1. The fourth-order valence-electron chi connectivity index (χ4n) is 1.34. The van der Waals surface area contributed by atoms with E-state index >= 15 is 0 Å². The van der Waals surface area contributed by atoms with Crippen LogP contribution in [0.1, 0.15) is 0 Å². The second kappa shape index (κ2) is 3.75. The van der Waals surface area contributed by atoms with Crippen LogP contribution in [-0.4, -0.2) is 9.78 Å². The third-order valence-corrected chi connectivity index (χ3v) is 2.60. The lowest BCUT2D eigenvalue weighted by Crippen LogP contribution is -1.96. The molecule has 2 rings (SSSR count). The molecule has 1 aromatic carbocycles. The monoisotopic (exact) mass is 243 g/mol. The van der Waals surface area contributed by atoms with Gasteiger partial charge in [0.2, 0.25) is 0 Å². The molecule has 84 valence electrons. The molecular formula is C10H8ClF2N3. The molecule has 0 radical (unpaired) electrons. The molecule has 1 heterocycles. The number of aromatic nitrogens is 2. The summed E-state index contributed by atoms with van der Waals surface area (Å²) in [6.07, 6.45) is 0. The summed E-state index contributed by atoms with van der Waals surface area (Å²) in [6, 6.07) is 3.91. The Kier molecular flexibility index (Phi) is 2.55. The van der Waals surface area contributed by atoms with E-state index in [4.69, 9.17) is 17.3 Å². The summed E-state index contributed by atoms with van der Waals surface area (Å²) >= 11 is 5.69. The van der Waals surface area contributed by atoms with Crippen LogP contribution in [0.4, 0.5) is 14.6 Å². The lowest BCUT2D eigenvalue weighted by Gasteiger charge is -2.02. The first-order valence-electron chi connectivity index (χ1n) is 4.44. The fourth-order valence-corrected chi connectivity index (χ4v) is 1.59. The van der Waals surface area contributed by atoms with Gasteiger partial charge in [0.15, 0.2) is 11.6 Å². The van der Waals surface area contributed by atoms with Crippen LogP contribution in [0, 0.1) is 11.6 Å². The van der Waals surface area contributed by atoms with Crippen molar-refractivity contribution in [1.82, 2.24) is 9.78 Å². The van der Waals surface area contributed by atoms with Crippen LogP contribution in [-0.2, 0) is 7.05 Å². The van der Waals surface area contributed by atoms with Crippen molar-refractivity contribution < 1.29 is 8.78 Å². The maximum absolute atomic E-state index is 13.2. The van der Waals surface area contributed by atoms with Crippen molar-refractivity contribution in [3.05, 3.63) is 34.9 Å². The van der Waals surface area contributed by atoms with Gasteiger partial charge in [-0.05, 0) is 12.1 Å². The Morgan fingerprint density at radius 3 is 2.62 bits per heavy atom. The molecule has 16 heavy (non-hydrogen) atoms. The maximum atomic E-state index is 13.2. The highest BCUT2D eigenvalue weighted by Gasteiger charge is 2.15. The van der Waals surface area contributed by atoms with Gasteiger partial charge in [-0.25, -0.2) is 8.78 Å². The van der Waals surface area contributed by atoms with Gasteiger partial charge in [0, 0.05) is 18.7 Å². The summed E-state index contributed by atoms with van der Waals surface area (Å²) in [5, 5.41) is 3.74. The molecule has 2 N–H and O–H groups in total. The molecule has 2 aromatic rings. The van der Waals surface area contributed by atoms with Crippen LogP contribution in [0.3, 0.4) is 0 Å². The van der Waals surface area contributed by atoms with Gasteiger partial charge in [-0.2, -0.15) is 5.10 Å². The van der Waals surface area contributed by atoms with Crippen LogP contribution in [0.2, 0.25) is 5.02 Å². The minimum Gasteiger partial charge on any atom is -0.384 e. The van der Waals surface area contributed by atoms with Gasteiger partial charge in [-0.15, -0.1) is 0 Å². The first-order valence-corrected chi connectivity index (χ1v) is 4.82. The number of rotatable bonds is 1. The number of benzene rings is 1. The summed E-state index contributed by atoms with van der Waals surface area (Å²) in [7, 11) is 1.65. The van der Waals surface area contributed by atoms with E-state index < -0.39 is 11.6 Å². The molecule has 0 spiro atoms. The molecule has 0 fully saturated rings. The van der Waals surface area contributed by atoms with Crippen LogP contribution in [0.15, 0.2) is 18.2 Å². The number of hydrogen-bond acceptors (Lipinski definition) is 2. The minimum absolute atomic E-state index is 0.293. The number of aryl methyl sites for hydroxylation is 1. The number of hydrogen-bond donors (Lipinski definition) is 1. The second-order valence-corrected chi connectivity index (χ2v) is 3.68. The average molecular weight is 244 g/mol. The molecule has 0 aliphatic heterocycles. The van der Waals surface area contributed by atoms with Gasteiger partial charge in [0.25, 0.3) is 0 Å². The smallest absolute Gasteiger partial charge is 0.178 e. The maximum Gasteiger partial charge on any atom is 0.178 e. The average Bonchev–Trinajstić information content (AvgIpc) is 2.56. The fraction of sp³-hybridized carbons (Fsp3) is 0.100. The standard InChI is InChI=1S/C10H8ClF2N3/c1-16-8(14)4-7(15-16)5-2-3-6(12)10(13)9(5)11/h2-4H,14H2,1H3. The Labute approximate surface area is 95.4 Å². The number of halogens is 3. The van der Waals surface area contributed by atoms with Gasteiger partial charge in [-0.3, -0.25) is 4.68 Å². The third-order valence-electron chi connectivity index (χ3n) is 2.23. The Bertz CT molecular complexity index is 532. The summed E-state index contributed by atoms with van der Waals surface area (Å²) in [6.45, 7) is 0. The normalized spacial score (nSPS) is 10.8. The number of nitrogens with zero attached hydrogens (tertiary/aromatic N) is 2. The molecule has 0 saturated carbocycles. The summed E-state index contributed by atoms with van der Waals surface area (Å²) in [4.78, 5) is 0.